The molecule has 0 spiro atoms. The lowest BCUT2D eigenvalue weighted by atomic mass is 9.78. The molecular formula is C76H148O10. The summed E-state index contributed by atoms with van der Waals surface area (Å²) in [6.45, 7) is 20.3. The largest absolute Gasteiger partial charge is 0.469 e. The third-order valence-electron chi connectivity index (χ3n) is 18.1. The zero-order chi connectivity index (χ0) is 64.4. The lowest BCUT2D eigenvalue weighted by Crippen LogP contribution is -2.23. The summed E-state index contributed by atoms with van der Waals surface area (Å²) in [4.78, 5) is 58.5. The molecular weight excluding hydrogens is 1070 g/mol. The average Bonchev–Trinajstić information content (AvgIpc) is 3.58. The van der Waals surface area contributed by atoms with Gasteiger partial charge in [-0.15, -0.1) is 0 Å². The lowest BCUT2D eigenvalue weighted by molar-refractivity contribution is -0.156. The molecule has 0 rings (SSSR count). The van der Waals surface area contributed by atoms with Gasteiger partial charge in [0.2, 0.25) is 0 Å². The summed E-state index contributed by atoms with van der Waals surface area (Å²) in [6, 6.07) is 0. The maximum atomic E-state index is 12.1. The van der Waals surface area contributed by atoms with E-state index >= 15 is 0 Å². The van der Waals surface area contributed by atoms with Gasteiger partial charge >= 0.3 is 29.8 Å². The molecule has 0 radical (unpaired) electrons. The highest BCUT2D eigenvalue weighted by Gasteiger charge is 2.23. The zero-order valence-corrected chi connectivity index (χ0v) is 59.5. The van der Waals surface area contributed by atoms with Gasteiger partial charge in [0.05, 0.1) is 52.8 Å². The molecule has 0 fully saturated rings. The van der Waals surface area contributed by atoms with Gasteiger partial charge in [0.25, 0.3) is 0 Å². The van der Waals surface area contributed by atoms with Crippen molar-refractivity contribution in [2.45, 2.75) is 390 Å². The molecule has 6 unspecified atom stereocenters. The Hall–Kier alpha value is -2.65. The molecule has 6 atom stereocenters. The van der Waals surface area contributed by atoms with Crippen molar-refractivity contribution >= 4 is 29.8 Å². The molecule has 10 heteroatoms. The Kier molecular flexibility index (Phi) is 71.1. The number of methoxy groups -OCH3 is 3. The van der Waals surface area contributed by atoms with E-state index in [0.29, 0.717) is 37.9 Å². The first-order valence-electron chi connectivity index (χ1n) is 37.4. The molecule has 10 nitrogen and oxygen atoms in total. The van der Waals surface area contributed by atoms with Crippen LogP contribution in [-0.2, 0) is 47.7 Å². The average molecular weight is 1220 g/mol. The van der Waals surface area contributed by atoms with Crippen molar-refractivity contribution < 1.29 is 47.7 Å². The van der Waals surface area contributed by atoms with E-state index in [4.69, 9.17) is 23.7 Å². The summed E-state index contributed by atoms with van der Waals surface area (Å²) < 4.78 is 25.3. The molecule has 512 valence electrons. The summed E-state index contributed by atoms with van der Waals surface area (Å²) in [7, 11) is 4.49. The van der Waals surface area contributed by atoms with Crippen molar-refractivity contribution in [2.24, 2.45) is 35.5 Å². The Bertz CT molecular complexity index is 1400. The number of ether oxygens (including phenoxy) is 5. The van der Waals surface area contributed by atoms with Gasteiger partial charge in [0, 0.05) is 12.8 Å². The van der Waals surface area contributed by atoms with Crippen LogP contribution in [0.3, 0.4) is 0 Å². The Morgan fingerprint density at radius 1 is 0.291 bits per heavy atom. The maximum absolute atomic E-state index is 12.1. The standard InChI is InChI=1S/C38H74O4.C21H40O4.C17H34O2/c1-5-7-9-11-13-17-23-29-35(31-25-19-15-21-27-33-37(39)41-3)36(30-24-18-14-12-10-8-6-2)32-26-20-16-22-28-34-38(40)42-4;1-6-10-12-18(8-3)15-24-20(22)14-17(5)21(23)25-16-19(9-4)13-11-7-2;1-4-6-8-10-11-13-15-16(17(18)19-3)14-12-9-7-5-2/h35-36H,5-34H2,1-4H3;17-19H,6-16H2,1-5H3;16H,4-15H2,1-3H3. The number of rotatable bonds is 61. The minimum Gasteiger partial charge on any atom is -0.469 e. The molecule has 0 heterocycles. The van der Waals surface area contributed by atoms with Gasteiger partial charge in [0.1, 0.15) is 0 Å². The lowest BCUT2D eigenvalue weighted by Gasteiger charge is -2.28. The Morgan fingerprint density at radius 3 is 0.895 bits per heavy atom. The van der Waals surface area contributed by atoms with Gasteiger partial charge in [-0.05, 0) is 62.2 Å². The van der Waals surface area contributed by atoms with Gasteiger partial charge in [-0.2, -0.15) is 0 Å². The predicted molar refractivity (Wildman–Crippen MR) is 365 cm³/mol. The number of unbranched alkanes of at least 4 members (excludes halogenated alkanes) is 30. The molecule has 0 aromatic heterocycles. The molecule has 0 saturated heterocycles. The van der Waals surface area contributed by atoms with E-state index in [1.165, 1.54) is 240 Å². The SMILES string of the molecule is CCCCC(CC)COC(=O)CC(C)C(=O)OCC(CC)CCCC.CCCCCCCCC(CCCCCC)C(=O)OC.CCCCCCCCCC(CCCCCCCC(=O)OC)C(CCCCCCCCC)CCCCCCCC(=O)OC. The molecule has 0 aliphatic rings. The van der Waals surface area contributed by atoms with Gasteiger partial charge in [-0.1, -0.05) is 332 Å². The second kappa shape index (κ2) is 69.8. The van der Waals surface area contributed by atoms with Gasteiger partial charge in [0.15, 0.2) is 0 Å². The second-order valence-corrected chi connectivity index (χ2v) is 26.0. The molecule has 86 heavy (non-hydrogen) atoms. The van der Waals surface area contributed by atoms with Gasteiger partial charge in [-0.3, -0.25) is 24.0 Å². The summed E-state index contributed by atoms with van der Waals surface area (Å²) in [5, 5.41) is 0. The van der Waals surface area contributed by atoms with E-state index in [0.717, 1.165) is 102 Å². The van der Waals surface area contributed by atoms with Crippen molar-refractivity contribution in [2.75, 3.05) is 34.5 Å². The zero-order valence-electron chi connectivity index (χ0n) is 59.5. The third kappa shape index (κ3) is 60.3. The Morgan fingerprint density at radius 2 is 0.581 bits per heavy atom. The first-order chi connectivity index (χ1) is 41.8. The van der Waals surface area contributed by atoms with E-state index < -0.39 is 5.92 Å². The van der Waals surface area contributed by atoms with Crippen molar-refractivity contribution in [3.05, 3.63) is 0 Å². The Balaban J connectivity index is -0.00000132. The summed E-state index contributed by atoms with van der Waals surface area (Å²) in [6.07, 6.45) is 62.1. The van der Waals surface area contributed by atoms with Crippen LogP contribution in [0.1, 0.15) is 390 Å². The maximum Gasteiger partial charge on any atom is 0.309 e. The number of esters is 5. The van der Waals surface area contributed by atoms with Crippen molar-refractivity contribution in [3.8, 4) is 0 Å². The normalized spacial score (nSPS) is 13.2. The number of carbonyl (C=O) groups excluding carboxylic acids is 5. The predicted octanol–water partition coefficient (Wildman–Crippen LogP) is 23.3. The summed E-state index contributed by atoms with van der Waals surface area (Å²) in [5.74, 6) is 1.61. The fourth-order valence-electron chi connectivity index (χ4n) is 11.9. The molecule has 0 saturated carbocycles. The van der Waals surface area contributed by atoms with Crippen molar-refractivity contribution in [3.63, 3.8) is 0 Å². The molecule has 0 aromatic rings. The topological polar surface area (TPSA) is 132 Å². The van der Waals surface area contributed by atoms with Gasteiger partial charge < -0.3 is 23.7 Å². The van der Waals surface area contributed by atoms with E-state index in [9.17, 15) is 24.0 Å². The van der Waals surface area contributed by atoms with E-state index in [1.54, 1.807) is 6.92 Å². The molecule has 0 aliphatic heterocycles. The van der Waals surface area contributed by atoms with Crippen LogP contribution < -0.4 is 0 Å². The van der Waals surface area contributed by atoms with Crippen LogP contribution >= 0.6 is 0 Å². The van der Waals surface area contributed by atoms with Crippen LogP contribution in [0.15, 0.2) is 0 Å². The monoisotopic (exact) mass is 1220 g/mol. The smallest absolute Gasteiger partial charge is 0.309 e. The quantitative estimate of drug-likeness (QED) is 0.0329. The highest BCUT2D eigenvalue weighted by Crippen LogP contribution is 2.34. The van der Waals surface area contributed by atoms with Crippen LogP contribution in [0, 0.1) is 35.5 Å². The fraction of sp³-hybridized carbons (Fsp3) is 0.934. The van der Waals surface area contributed by atoms with Crippen molar-refractivity contribution in [1.29, 1.82) is 0 Å². The van der Waals surface area contributed by atoms with E-state index in [-0.39, 0.29) is 42.2 Å². The first-order valence-corrected chi connectivity index (χ1v) is 37.4. The van der Waals surface area contributed by atoms with Crippen LogP contribution in [0.25, 0.3) is 0 Å². The molecule has 0 aromatic carbocycles. The molecule has 0 N–H and O–H groups in total. The molecule has 0 amide bonds. The van der Waals surface area contributed by atoms with Crippen LogP contribution in [0.5, 0.6) is 0 Å². The van der Waals surface area contributed by atoms with Crippen LogP contribution in [0.4, 0.5) is 0 Å². The first kappa shape index (κ1) is 87.6. The molecule has 0 aliphatic carbocycles. The van der Waals surface area contributed by atoms with E-state index in [1.807, 2.05) is 0 Å². The third-order valence-corrected chi connectivity index (χ3v) is 18.1. The van der Waals surface area contributed by atoms with Crippen molar-refractivity contribution in [1.82, 2.24) is 0 Å². The summed E-state index contributed by atoms with van der Waals surface area (Å²) in [5.41, 5.74) is 0. The van der Waals surface area contributed by atoms with Gasteiger partial charge in [-0.25, -0.2) is 0 Å². The highest BCUT2D eigenvalue weighted by atomic mass is 16.5. The number of hydrogen-bond acceptors (Lipinski definition) is 10. The highest BCUT2D eigenvalue weighted by molar-refractivity contribution is 5.79. The fourth-order valence-corrected chi connectivity index (χ4v) is 11.9. The van der Waals surface area contributed by atoms with Crippen LogP contribution in [0.2, 0.25) is 0 Å². The minimum atomic E-state index is -0.438. The number of carbonyl (C=O) groups is 5. The second-order valence-electron chi connectivity index (χ2n) is 26.0. The molecule has 0 bridgehead atoms. The summed E-state index contributed by atoms with van der Waals surface area (Å²) >= 11 is 0. The number of hydrogen-bond donors (Lipinski definition) is 0. The van der Waals surface area contributed by atoms with E-state index in [2.05, 4.69) is 55.4 Å². The minimum absolute atomic E-state index is 0.00468. The van der Waals surface area contributed by atoms with Crippen LogP contribution in [-0.4, -0.2) is 64.4 Å². The Labute approximate surface area is 534 Å².